The molecule has 0 atom stereocenters. The summed E-state index contributed by atoms with van der Waals surface area (Å²) in [5, 5.41) is 16.0. The van der Waals surface area contributed by atoms with Crippen molar-refractivity contribution in [1.29, 1.82) is 0 Å². The van der Waals surface area contributed by atoms with Crippen LogP contribution < -0.4 is 10.6 Å². The molecule has 0 saturated carbocycles. The number of benzene rings is 1. The Labute approximate surface area is 174 Å². The molecule has 4 aromatic rings. The van der Waals surface area contributed by atoms with Gasteiger partial charge in [0.1, 0.15) is 6.33 Å². The van der Waals surface area contributed by atoms with E-state index in [-0.39, 0.29) is 17.6 Å². The number of nitrogens with one attached hydrogen (secondary N) is 2. The lowest BCUT2D eigenvalue weighted by Gasteiger charge is -2.08. The lowest BCUT2D eigenvalue weighted by molar-refractivity contribution is -0.113. The van der Waals surface area contributed by atoms with Gasteiger partial charge in [0.25, 0.3) is 5.91 Å². The van der Waals surface area contributed by atoms with Gasteiger partial charge < -0.3 is 15.2 Å². The van der Waals surface area contributed by atoms with Crippen LogP contribution in [0, 0.1) is 0 Å². The zero-order chi connectivity index (χ0) is 20.2. The number of thioether (sulfide) groups is 1. The highest BCUT2D eigenvalue weighted by atomic mass is 32.2. The number of imidazole rings is 1. The van der Waals surface area contributed by atoms with E-state index in [1.807, 2.05) is 29.2 Å². The van der Waals surface area contributed by atoms with Crippen molar-refractivity contribution in [2.75, 3.05) is 11.1 Å². The first-order chi connectivity index (χ1) is 14.1. The van der Waals surface area contributed by atoms with Crippen LogP contribution in [0.25, 0.3) is 4.96 Å². The number of aryl methyl sites for hydroxylation is 1. The van der Waals surface area contributed by atoms with Crippen molar-refractivity contribution in [3.05, 3.63) is 59.6 Å². The zero-order valence-electron chi connectivity index (χ0n) is 15.4. The fraction of sp³-hybridized carbons (Fsp3) is 0.167. The number of rotatable bonds is 7. The summed E-state index contributed by atoms with van der Waals surface area (Å²) in [6.45, 7) is 0.332. The van der Waals surface area contributed by atoms with Crippen LogP contribution in [-0.4, -0.2) is 41.7 Å². The van der Waals surface area contributed by atoms with Gasteiger partial charge in [-0.05, 0) is 18.2 Å². The predicted molar refractivity (Wildman–Crippen MR) is 111 cm³/mol. The fourth-order valence-electron chi connectivity index (χ4n) is 2.60. The molecular formula is C18H17N7O2S2. The molecule has 0 saturated heterocycles. The molecule has 148 valence electrons. The van der Waals surface area contributed by atoms with Gasteiger partial charge in [0.2, 0.25) is 5.91 Å². The largest absolute Gasteiger partial charge is 0.346 e. The normalized spacial score (nSPS) is 10.9. The molecule has 3 heterocycles. The van der Waals surface area contributed by atoms with E-state index >= 15 is 0 Å². The molecule has 9 nitrogen and oxygen atoms in total. The molecule has 4 rings (SSSR count). The van der Waals surface area contributed by atoms with E-state index < -0.39 is 0 Å². The molecule has 0 aliphatic rings. The zero-order valence-corrected chi connectivity index (χ0v) is 17.0. The van der Waals surface area contributed by atoms with Gasteiger partial charge in [-0.2, -0.15) is 0 Å². The van der Waals surface area contributed by atoms with E-state index in [4.69, 9.17) is 0 Å². The molecule has 0 aliphatic carbocycles. The highest BCUT2D eigenvalue weighted by molar-refractivity contribution is 7.99. The van der Waals surface area contributed by atoms with Gasteiger partial charge in [-0.3, -0.25) is 14.0 Å². The molecular weight excluding hydrogens is 410 g/mol. The third kappa shape index (κ3) is 4.63. The molecule has 0 radical (unpaired) electrons. The molecule has 2 N–H and O–H groups in total. The predicted octanol–water partition coefficient (Wildman–Crippen LogP) is 2.19. The number of carbonyl (C=O) groups is 2. The summed E-state index contributed by atoms with van der Waals surface area (Å²) in [6, 6.07) is 6.81. The Balaban J connectivity index is 1.32. The van der Waals surface area contributed by atoms with Gasteiger partial charge >= 0.3 is 0 Å². The standard InChI is InChI=1S/C18H17N7O2S2/c1-24-11-20-23-18(24)29-10-15(26)21-13-4-2-3-12(7-13)16(27)19-8-14-9-25-5-6-28-17(25)22-14/h2-7,9,11H,8,10H2,1H3,(H,19,27)(H,21,26). The molecule has 11 heteroatoms. The maximum atomic E-state index is 12.5. The second-order valence-corrected chi connectivity index (χ2v) is 7.97. The maximum Gasteiger partial charge on any atom is 0.251 e. The van der Waals surface area contributed by atoms with Crippen molar-refractivity contribution in [3.8, 4) is 0 Å². The highest BCUT2D eigenvalue weighted by Gasteiger charge is 2.11. The van der Waals surface area contributed by atoms with Crippen LogP contribution in [0.3, 0.4) is 0 Å². The Hall–Kier alpha value is -3.18. The number of aromatic nitrogens is 5. The third-order valence-electron chi connectivity index (χ3n) is 3.98. The quantitative estimate of drug-likeness (QED) is 0.438. The van der Waals surface area contributed by atoms with Gasteiger partial charge in [0.15, 0.2) is 10.1 Å². The van der Waals surface area contributed by atoms with Gasteiger partial charge in [-0.1, -0.05) is 17.8 Å². The summed E-state index contributed by atoms with van der Waals surface area (Å²) in [5.41, 5.74) is 1.81. The van der Waals surface area contributed by atoms with Crippen LogP contribution in [-0.2, 0) is 18.4 Å². The molecule has 3 aromatic heterocycles. The van der Waals surface area contributed by atoms with E-state index in [9.17, 15) is 9.59 Å². The van der Waals surface area contributed by atoms with E-state index in [2.05, 4.69) is 25.8 Å². The number of hydrogen-bond donors (Lipinski definition) is 2. The second-order valence-electron chi connectivity index (χ2n) is 6.15. The number of fused-ring (bicyclic) bond motifs is 1. The van der Waals surface area contributed by atoms with Crippen molar-refractivity contribution in [3.63, 3.8) is 0 Å². The van der Waals surface area contributed by atoms with Gasteiger partial charge in [-0.25, -0.2) is 4.98 Å². The van der Waals surface area contributed by atoms with Crippen LogP contribution in [0.2, 0.25) is 0 Å². The summed E-state index contributed by atoms with van der Waals surface area (Å²) in [6.07, 6.45) is 5.39. The van der Waals surface area contributed by atoms with Crippen molar-refractivity contribution in [2.45, 2.75) is 11.7 Å². The third-order valence-corrected chi connectivity index (χ3v) is 5.79. The lowest BCUT2D eigenvalue weighted by Crippen LogP contribution is -2.23. The number of carbonyl (C=O) groups excluding carboxylic acids is 2. The number of anilines is 1. The van der Waals surface area contributed by atoms with Crippen LogP contribution in [0.15, 0.2) is 53.5 Å². The number of nitrogens with zero attached hydrogens (tertiary/aromatic N) is 5. The van der Waals surface area contributed by atoms with Crippen molar-refractivity contribution in [1.82, 2.24) is 29.5 Å². The molecule has 0 aliphatic heterocycles. The van der Waals surface area contributed by atoms with Gasteiger partial charge in [-0.15, -0.1) is 21.5 Å². The summed E-state index contributed by atoms with van der Waals surface area (Å²) >= 11 is 2.83. The molecule has 2 amide bonds. The summed E-state index contributed by atoms with van der Waals surface area (Å²) in [7, 11) is 1.81. The Kier molecular flexibility index (Phi) is 5.58. The Morgan fingerprint density at radius 1 is 1.31 bits per heavy atom. The maximum absolute atomic E-state index is 12.5. The van der Waals surface area contributed by atoms with E-state index in [1.54, 1.807) is 35.2 Å². The SMILES string of the molecule is Cn1cnnc1SCC(=O)Nc1cccc(C(=O)NCc2cn3ccsc3n2)c1. The van der Waals surface area contributed by atoms with Gasteiger partial charge in [0.05, 0.1) is 18.0 Å². The summed E-state index contributed by atoms with van der Waals surface area (Å²) in [4.78, 5) is 29.9. The molecule has 0 fully saturated rings. The average Bonchev–Trinajstić information content (AvgIpc) is 3.41. The Morgan fingerprint density at radius 3 is 3.00 bits per heavy atom. The minimum absolute atomic E-state index is 0.186. The van der Waals surface area contributed by atoms with Crippen LogP contribution in [0.4, 0.5) is 5.69 Å². The topological polar surface area (TPSA) is 106 Å². The average molecular weight is 428 g/mol. The number of thiazole rings is 1. The van der Waals surface area contributed by atoms with E-state index in [1.165, 1.54) is 23.1 Å². The monoisotopic (exact) mass is 427 g/mol. The molecule has 0 unspecified atom stereocenters. The number of hydrogen-bond acceptors (Lipinski definition) is 7. The van der Waals surface area contributed by atoms with Crippen LogP contribution in [0.1, 0.15) is 16.1 Å². The fourth-order valence-corrected chi connectivity index (χ4v) is 4.01. The van der Waals surface area contributed by atoms with Gasteiger partial charge in [0, 0.05) is 36.1 Å². The molecule has 0 bridgehead atoms. The smallest absolute Gasteiger partial charge is 0.251 e. The molecule has 0 spiro atoms. The Bertz CT molecular complexity index is 1140. The Morgan fingerprint density at radius 2 is 2.21 bits per heavy atom. The summed E-state index contributed by atoms with van der Waals surface area (Å²) < 4.78 is 3.66. The minimum Gasteiger partial charge on any atom is -0.346 e. The highest BCUT2D eigenvalue weighted by Crippen LogP contribution is 2.16. The van der Waals surface area contributed by atoms with E-state index in [0.717, 1.165) is 10.7 Å². The van der Waals surface area contributed by atoms with Crippen LogP contribution in [0.5, 0.6) is 0 Å². The minimum atomic E-state index is -0.231. The summed E-state index contributed by atoms with van der Waals surface area (Å²) in [5.74, 6) is -0.222. The first-order valence-corrected chi connectivity index (χ1v) is 10.5. The molecule has 29 heavy (non-hydrogen) atoms. The van der Waals surface area contributed by atoms with E-state index in [0.29, 0.717) is 23.0 Å². The van der Waals surface area contributed by atoms with Crippen LogP contribution >= 0.6 is 23.1 Å². The van der Waals surface area contributed by atoms with Crippen molar-refractivity contribution < 1.29 is 9.59 Å². The lowest BCUT2D eigenvalue weighted by atomic mass is 10.2. The first kappa shape index (κ1) is 19.2. The van der Waals surface area contributed by atoms with Crippen molar-refractivity contribution >= 4 is 45.6 Å². The molecule has 1 aromatic carbocycles. The van der Waals surface area contributed by atoms with Crippen molar-refractivity contribution in [2.24, 2.45) is 7.05 Å². The second kappa shape index (κ2) is 8.45. The first-order valence-electron chi connectivity index (χ1n) is 8.64. The number of amides is 2.